The predicted octanol–water partition coefficient (Wildman–Crippen LogP) is 2.83. The molecule has 1 N–H and O–H groups in total. The average Bonchev–Trinajstić information content (AvgIpc) is 3.30. The number of nitrogens with zero attached hydrogens (tertiary/aromatic N) is 3. The molecule has 1 aromatic heterocycles. The van der Waals surface area contributed by atoms with E-state index in [9.17, 15) is 4.79 Å². The molecule has 1 saturated heterocycles. The van der Waals surface area contributed by atoms with E-state index in [1.807, 2.05) is 26.8 Å². The number of aromatic nitrogens is 2. The van der Waals surface area contributed by atoms with Gasteiger partial charge >= 0.3 is 6.09 Å². The Morgan fingerprint density at radius 1 is 1.29 bits per heavy atom. The summed E-state index contributed by atoms with van der Waals surface area (Å²) in [7, 11) is 0. The molecule has 2 aliphatic rings. The Morgan fingerprint density at radius 2 is 2.08 bits per heavy atom. The van der Waals surface area contributed by atoms with Crippen molar-refractivity contribution in [1.29, 1.82) is 0 Å². The molecule has 1 atom stereocenters. The van der Waals surface area contributed by atoms with Crippen molar-refractivity contribution in [3.05, 3.63) is 12.4 Å². The van der Waals surface area contributed by atoms with E-state index in [2.05, 4.69) is 15.3 Å². The fourth-order valence-corrected chi connectivity index (χ4v) is 2.62. The maximum Gasteiger partial charge on any atom is 0.410 e. The van der Waals surface area contributed by atoms with Crippen LogP contribution in [0.15, 0.2) is 12.4 Å². The van der Waals surface area contributed by atoms with Gasteiger partial charge in [-0.15, -0.1) is 0 Å². The van der Waals surface area contributed by atoms with E-state index >= 15 is 0 Å². The first kappa shape index (κ1) is 16.8. The highest BCUT2D eigenvalue weighted by atomic mass is 16.6. The summed E-state index contributed by atoms with van der Waals surface area (Å²) in [5, 5.41) is 3.33. The lowest BCUT2D eigenvalue weighted by Crippen LogP contribution is -2.46. The predicted molar refractivity (Wildman–Crippen MR) is 90.1 cm³/mol. The molecular formula is C17H26N4O3. The van der Waals surface area contributed by atoms with E-state index in [4.69, 9.17) is 9.47 Å². The zero-order chi connectivity index (χ0) is 17.2. The van der Waals surface area contributed by atoms with Gasteiger partial charge in [0.25, 0.3) is 0 Å². The summed E-state index contributed by atoms with van der Waals surface area (Å²) in [5.74, 6) is 1.34. The number of hydrogen-bond donors (Lipinski definition) is 1. The van der Waals surface area contributed by atoms with Gasteiger partial charge in [-0.05, 0) is 46.5 Å². The minimum Gasteiger partial charge on any atom is -0.472 e. The molecular weight excluding hydrogens is 308 g/mol. The standard InChI is InChI=1S/C17H26N4O3/c1-17(2,3)24-16(22)21-8-4-5-13(10-21)23-15-9-14(18-11-19-15)20-12-6-7-12/h9,11-13H,4-8,10H2,1-3H3,(H,18,19,20)/t13-/m1/s1. The summed E-state index contributed by atoms with van der Waals surface area (Å²) in [6, 6.07) is 2.36. The van der Waals surface area contributed by atoms with Crippen LogP contribution in [0.5, 0.6) is 5.88 Å². The quantitative estimate of drug-likeness (QED) is 0.912. The van der Waals surface area contributed by atoms with Crippen molar-refractivity contribution in [2.45, 2.75) is 64.2 Å². The van der Waals surface area contributed by atoms with E-state index in [1.54, 1.807) is 4.90 Å². The zero-order valence-corrected chi connectivity index (χ0v) is 14.6. The van der Waals surface area contributed by atoms with Crippen LogP contribution >= 0.6 is 0 Å². The zero-order valence-electron chi connectivity index (χ0n) is 14.6. The third kappa shape index (κ3) is 4.97. The van der Waals surface area contributed by atoms with Crippen LogP contribution in [-0.2, 0) is 4.74 Å². The molecule has 1 aliphatic heterocycles. The third-order valence-corrected chi connectivity index (χ3v) is 3.89. The van der Waals surface area contributed by atoms with E-state index in [0.29, 0.717) is 25.0 Å². The maximum absolute atomic E-state index is 12.2. The smallest absolute Gasteiger partial charge is 0.410 e. The lowest BCUT2D eigenvalue weighted by Gasteiger charge is -2.33. The van der Waals surface area contributed by atoms with Crippen molar-refractivity contribution in [3.8, 4) is 5.88 Å². The summed E-state index contributed by atoms with van der Waals surface area (Å²) in [6.07, 6.45) is 5.32. The second kappa shape index (κ2) is 6.83. The monoisotopic (exact) mass is 334 g/mol. The van der Waals surface area contributed by atoms with Crippen LogP contribution in [0.3, 0.4) is 0 Å². The van der Waals surface area contributed by atoms with Gasteiger partial charge in [0.1, 0.15) is 23.9 Å². The molecule has 0 unspecified atom stereocenters. The number of carbonyl (C=O) groups is 1. The minimum atomic E-state index is -0.485. The highest BCUT2D eigenvalue weighted by molar-refractivity contribution is 5.68. The van der Waals surface area contributed by atoms with Gasteiger partial charge in [-0.25, -0.2) is 14.8 Å². The lowest BCUT2D eigenvalue weighted by atomic mass is 10.1. The third-order valence-electron chi connectivity index (χ3n) is 3.89. The van der Waals surface area contributed by atoms with Crippen LogP contribution < -0.4 is 10.1 Å². The summed E-state index contributed by atoms with van der Waals surface area (Å²) < 4.78 is 11.4. The van der Waals surface area contributed by atoms with Crippen LogP contribution in [0.25, 0.3) is 0 Å². The van der Waals surface area contributed by atoms with Crippen LogP contribution in [0.2, 0.25) is 0 Å². The number of rotatable bonds is 4. The maximum atomic E-state index is 12.2. The Hall–Kier alpha value is -2.05. The van der Waals surface area contributed by atoms with E-state index in [1.165, 1.54) is 19.2 Å². The Morgan fingerprint density at radius 3 is 2.79 bits per heavy atom. The summed E-state index contributed by atoms with van der Waals surface area (Å²) in [6.45, 7) is 6.84. The molecule has 7 heteroatoms. The number of carbonyl (C=O) groups excluding carboxylic acids is 1. The molecule has 0 bridgehead atoms. The van der Waals surface area contributed by atoms with Crippen LogP contribution in [-0.4, -0.2) is 51.8 Å². The lowest BCUT2D eigenvalue weighted by molar-refractivity contribution is 0.00721. The molecule has 2 fully saturated rings. The van der Waals surface area contributed by atoms with Gasteiger partial charge in [-0.2, -0.15) is 0 Å². The normalized spacial score (nSPS) is 21.3. The Labute approximate surface area is 142 Å². The first-order valence-corrected chi connectivity index (χ1v) is 8.62. The van der Waals surface area contributed by atoms with Crippen LogP contribution in [0.4, 0.5) is 10.6 Å². The molecule has 7 nitrogen and oxygen atoms in total. The van der Waals surface area contributed by atoms with E-state index in [0.717, 1.165) is 18.7 Å². The summed E-state index contributed by atoms with van der Waals surface area (Å²) >= 11 is 0. The van der Waals surface area contributed by atoms with Gasteiger partial charge in [-0.1, -0.05) is 0 Å². The second-order valence-corrected chi connectivity index (χ2v) is 7.47. The average molecular weight is 334 g/mol. The Bertz CT molecular complexity index is 583. The van der Waals surface area contributed by atoms with E-state index < -0.39 is 5.60 Å². The van der Waals surface area contributed by atoms with Gasteiger partial charge in [0.15, 0.2) is 0 Å². The number of ether oxygens (including phenoxy) is 2. The molecule has 1 aromatic rings. The number of nitrogens with one attached hydrogen (secondary N) is 1. The van der Waals surface area contributed by atoms with Crippen molar-refractivity contribution < 1.29 is 14.3 Å². The Kier molecular flexibility index (Phi) is 4.78. The fraction of sp³-hybridized carbons (Fsp3) is 0.706. The van der Waals surface area contributed by atoms with Crippen LogP contribution in [0.1, 0.15) is 46.5 Å². The summed E-state index contributed by atoms with van der Waals surface area (Å²) in [5.41, 5.74) is -0.485. The van der Waals surface area contributed by atoms with Crippen molar-refractivity contribution in [2.24, 2.45) is 0 Å². The fourth-order valence-electron chi connectivity index (χ4n) is 2.62. The summed E-state index contributed by atoms with van der Waals surface area (Å²) in [4.78, 5) is 22.3. The molecule has 1 amide bonds. The van der Waals surface area contributed by atoms with Gasteiger partial charge < -0.3 is 19.7 Å². The number of piperidine rings is 1. The molecule has 2 heterocycles. The van der Waals surface area contributed by atoms with Gasteiger partial charge in [-0.3, -0.25) is 0 Å². The van der Waals surface area contributed by atoms with Crippen molar-refractivity contribution in [3.63, 3.8) is 0 Å². The minimum absolute atomic E-state index is 0.0741. The van der Waals surface area contributed by atoms with Crippen molar-refractivity contribution in [2.75, 3.05) is 18.4 Å². The first-order chi connectivity index (χ1) is 11.4. The van der Waals surface area contributed by atoms with Crippen molar-refractivity contribution >= 4 is 11.9 Å². The van der Waals surface area contributed by atoms with Gasteiger partial charge in [0.2, 0.25) is 5.88 Å². The highest BCUT2D eigenvalue weighted by Crippen LogP contribution is 2.25. The van der Waals surface area contributed by atoms with Crippen molar-refractivity contribution in [1.82, 2.24) is 14.9 Å². The molecule has 132 valence electrons. The number of likely N-dealkylation sites (tertiary alicyclic amines) is 1. The number of hydrogen-bond acceptors (Lipinski definition) is 6. The largest absolute Gasteiger partial charge is 0.472 e. The highest BCUT2D eigenvalue weighted by Gasteiger charge is 2.29. The SMILES string of the molecule is CC(C)(C)OC(=O)N1CCC[C@@H](Oc2cc(NC3CC3)ncn2)C1. The molecule has 0 radical (unpaired) electrons. The molecule has 1 saturated carbocycles. The van der Waals surface area contributed by atoms with E-state index in [-0.39, 0.29) is 12.2 Å². The van der Waals surface area contributed by atoms with Gasteiger partial charge in [0, 0.05) is 18.7 Å². The van der Waals surface area contributed by atoms with Gasteiger partial charge in [0.05, 0.1) is 6.54 Å². The molecule has 0 spiro atoms. The first-order valence-electron chi connectivity index (χ1n) is 8.62. The Balaban J connectivity index is 1.56. The molecule has 0 aromatic carbocycles. The number of anilines is 1. The molecule has 3 rings (SSSR count). The molecule has 1 aliphatic carbocycles. The van der Waals surface area contributed by atoms with Crippen LogP contribution in [0, 0.1) is 0 Å². The second-order valence-electron chi connectivity index (χ2n) is 7.47. The molecule has 24 heavy (non-hydrogen) atoms. The topological polar surface area (TPSA) is 76.6 Å². The number of amides is 1.